The van der Waals surface area contributed by atoms with Gasteiger partial charge in [-0.2, -0.15) is 4.98 Å². The second kappa shape index (κ2) is 4.12. The normalized spacial score (nSPS) is 17.6. The van der Waals surface area contributed by atoms with E-state index in [0.29, 0.717) is 6.01 Å². The van der Waals surface area contributed by atoms with Gasteiger partial charge in [-0.1, -0.05) is 36.4 Å². The highest BCUT2D eigenvalue weighted by molar-refractivity contribution is 5.75. The van der Waals surface area contributed by atoms with Crippen molar-refractivity contribution in [1.82, 2.24) is 9.97 Å². The number of nitrogens with one attached hydrogen (secondary N) is 1. The Kier molecular flexibility index (Phi) is 2.30. The fourth-order valence-corrected chi connectivity index (χ4v) is 2.76. The van der Waals surface area contributed by atoms with Gasteiger partial charge in [0, 0.05) is 0 Å². The molecule has 1 N–H and O–H groups in total. The molecule has 0 bridgehead atoms. The average Bonchev–Trinajstić information content (AvgIpc) is 3.03. The van der Waals surface area contributed by atoms with Crippen LogP contribution < -0.4 is 4.74 Å². The third-order valence-corrected chi connectivity index (χ3v) is 3.70. The Labute approximate surface area is 111 Å². The van der Waals surface area contributed by atoms with Gasteiger partial charge < -0.3 is 9.72 Å². The molecule has 94 valence electrons. The molecule has 1 unspecified atom stereocenters. The minimum Gasteiger partial charge on any atom is -0.457 e. The van der Waals surface area contributed by atoms with Crippen LogP contribution in [0.2, 0.25) is 0 Å². The van der Waals surface area contributed by atoms with E-state index in [9.17, 15) is 0 Å². The van der Waals surface area contributed by atoms with E-state index in [1.165, 1.54) is 11.1 Å². The number of hydrogen-bond donors (Lipinski definition) is 1. The topological polar surface area (TPSA) is 37.9 Å². The quantitative estimate of drug-likeness (QED) is 0.754. The molecular formula is C16H14N2O. The Hall–Kier alpha value is -2.29. The van der Waals surface area contributed by atoms with Gasteiger partial charge in [-0.15, -0.1) is 0 Å². The van der Waals surface area contributed by atoms with E-state index in [4.69, 9.17) is 4.74 Å². The van der Waals surface area contributed by atoms with Gasteiger partial charge in [0.1, 0.15) is 6.10 Å². The van der Waals surface area contributed by atoms with Crippen LogP contribution in [0.4, 0.5) is 0 Å². The number of nitrogens with zero attached hydrogens (tertiary/aromatic N) is 1. The number of hydrogen-bond acceptors (Lipinski definition) is 2. The molecule has 1 aliphatic rings. The van der Waals surface area contributed by atoms with Gasteiger partial charge in [-0.25, -0.2) is 0 Å². The van der Waals surface area contributed by atoms with Crippen molar-refractivity contribution in [1.29, 1.82) is 0 Å². The van der Waals surface area contributed by atoms with Crippen LogP contribution in [0.15, 0.2) is 48.5 Å². The van der Waals surface area contributed by atoms with Gasteiger partial charge >= 0.3 is 0 Å². The minimum absolute atomic E-state index is 0.122. The van der Waals surface area contributed by atoms with Crippen LogP contribution in [0.5, 0.6) is 6.01 Å². The molecule has 3 nitrogen and oxygen atoms in total. The molecule has 3 heteroatoms. The zero-order valence-corrected chi connectivity index (χ0v) is 10.5. The summed E-state index contributed by atoms with van der Waals surface area (Å²) < 4.78 is 6.02. The molecule has 0 saturated carbocycles. The third-order valence-electron chi connectivity index (χ3n) is 3.70. The summed E-state index contributed by atoms with van der Waals surface area (Å²) in [7, 11) is 0. The summed E-state index contributed by atoms with van der Waals surface area (Å²) in [6.45, 7) is 0. The highest BCUT2D eigenvalue weighted by Gasteiger charge is 2.24. The second-order valence-electron chi connectivity index (χ2n) is 4.90. The third kappa shape index (κ3) is 1.78. The van der Waals surface area contributed by atoms with Crippen LogP contribution in [0, 0.1) is 0 Å². The average molecular weight is 250 g/mol. The molecule has 0 spiro atoms. The fraction of sp³-hybridized carbons (Fsp3) is 0.188. The van der Waals surface area contributed by atoms with Crippen LogP contribution in [0.1, 0.15) is 23.7 Å². The highest BCUT2D eigenvalue weighted by atomic mass is 16.5. The van der Waals surface area contributed by atoms with Crippen molar-refractivity contribution in [3.05, 3.63) is 59.7 Å². The molecule has 3 aromatic rings. The van der Waals surface area contributed by atoms with Gasteiger partial charge in [0.15, 0.2) is 0 Å². The Morgan fingerprint density at radius 3 is 2.84 bits per heavy atom. The second-order valence-corrected chi connectivity index (χ2v) is 4.90. The Bertz CT molecular complexity index is 699. The summed E-state index contributed by atoms with van der Waals surface area (Å²) in [6, 6.07) is 17.1. The van der Waals surface area contributed by atoms with E-state index in [1.54, 1.807) is 0 Å². The lowest BCUT2D eigenvalue weighted by Crippen LogP contribution is -2.04. The largest absolute Gasteiger partial charge is 0.457 e. The van der Waals surface area contributed by atoms with Crippen LogP contribution >= 0.6 is 0 Å². The van der Waals surface area contributed by atoms with Gasteiger partial charge in [-0.3, -0.25) is 0 Å². The molecule has 1 aromatic heterocycles. The van der Waals surface area contributed by atoms with Gasteiger partial charge in [0.05, 0.1) is 11.0 Å². The van der Waals surface area contributed by atoms with E-state index in [0.717, 1.165) is 23.9 Å². The molecule has 1 aliphatic carbocycles. The fourth-order valence-electron chi connectivity index (χ4n) is 2.76. The van der Waals surface area contributed by atoms with E-state index in [1.807, 2.05) is 24.3 Å². The van der Waals surface area contributed by atoms with Crippen molar-refractivity contribution in [2.75, 3.05) is 0 Å². The first-order chi connectivity index (χ1) is 9.40. The summed E-state index contributed by atoms with van der Waals surface area (Å²) in [6.07, 6.45) is 2.23. The summed E-state index contributed by atoms with van der Waals surface area (Å²) >= 11 is 0. The number of para-hydroxylation sites is 2. The van der Waals surface area contributed by atoms with Crippen LogP contribution in [-0.2, 0) is 6.42 Å². The number of imidazole rings is 1. The number of ether oxygens (including phenoxy) is 1. The molecule has 0 aliphatic heterocycles. The molecule has 1 heterocycles. The first kappa shape index (κ1) is 10.6. The lowest BCUT2D eigenvalue weighted by atomic mass is 10.1. The number of aromatic nitrogens is 2. The summed E-state index contributed by atoms with van der Waals surface area (Å²) in [5, 5.41) is 0. The van der Waals surface area contributed by atoms with Crippen molar-refractivity contribution in [2.45, 2.75) is 18.9 Å². The Morgan fingerprint density at radius 2 is 1.89 bits per heavy atom. The number of benzene rings is 2. The minimum atomic E-state index is 0.122. The first-order valence-corrected chi connectivity index (χ1v) is 6.59. The first-order valence-electron chi connectivity index (χ1n) is 6.59. The molecule has 0 saturated heterocycles. The van der Waals surface area contributed by atoms with Crippen molar-refractivity contribution in [2.24, 2.45) is 0 Å². The monoisotopic (exact) mass is 250 g/mol. The maximum Gasteiger partial charge on any atom is 0.295 e. The maximum absolute atomic E-state index is 6.02. The maximum atomic E-state index is 6.02. The summed E-state index contributed by atoms with van der Waals surface area (Å²) in [4.78, 5) is 7.69. The number of aryl methyl sites for hydroxylation is 1. The van der Waals surface area contributed by atoms with Gasteiger partial charge in [0.2, 0.25) is 0 Å². The van der Waals surface area contributed by atoms with E-state index in [2.05, 4.69) is 34.2 Å². The zero-order valence-electron chi connectivity index (χ0n) is 10.5. The van der Waals surface area contributed by atoms with Crippen LogP contribution in [0.25, 0.3) is 11.0 Å². The number of H-pyrrole nitrogens is 1. The molecule has 4 rings (SSSR count). The molecular weight excluding hydrogens is 236 g/mol. The predicted molar refractivity (Wildman–Crippen MR) is 74.2 cm³/mol. The number of rotatable bonds is 2. The van der Waals surface area contributed by atoms with E-state index >= 15 is 0 Å². The van der Waals surface area contributed by atoms with Gasteiger partial charge in [-0.05, 0) is 36.1 Å². The standard InChI is InChI=1S/C16H14N2O/c1-2-6-12-11(5-1)9-10-15(12)19-16-17-13-7-3-4-8-14(13)18-16/h1-8,15H,9-10H2,(H,17,18). The Morgan fingerprint density at radius 1 is 1.05 bits per heavy atom. The molecule has 0 radical (unpaired) electrons. The lowest BCUT2D eigenvalue weighted by molar-refractivity contribution is 0.192. The summed E-state index contributed by atoms with van der Waals surface area (Å²) in [5.41, 5.74) is 4.65. The Balaban J connectivity index is 1.65. The smallest absolute Gasteiger partial charge is 0.295 e. The van der Waals surface area contributed by atoms with Crippen LogP contribution in [-0.4, -0.2) is 9.97 Å². The SMILES string of the molecule is c1ccc2c(c1)CCC2Oc1nc2ccccc2[nH]1. The number of aromatic amines is 1. The van der Waals surface area contributed by atoms with Crippen molar-refractivity contribution < 1.29 is 4.74 Å². The molecule has 0 amide bonds. The van der Waals surface area contributed by atoms with E-state index < -0.39 is 0 Å². The molecule has 1 atom stereocenters. The van der Waals surface area contributed by atoms with Crippen LogP contribution in [0.3, 0.4) is 0 Å². The predicted octanol–water partition coefficient (Wildman–Crippen LogP) is 3.63. The summed E-state index contributed by atoms with van der Waals surface area (Å²) in [5.74, 6) is 0. The van der Waals surface area contributed by atoms with Gasteiger partial charge in [0.25, 0.3) is 6.01 Å². The van der Waals surface area contributed by atoms with Crippen molar-refractivity contribution in [3.63, 3.8) is 0 Å². The highest BCUT2D eigenvalue weighted by Crippen LogP contribution is 2.34. The van der Waals surface area contributed by atoms with Crippen molar-refractivity contribution >= 4 is 11.0 Å². The molecule has 0 fully saturated rings. The van der Waals surface area contributed by atoms with E-state index in [-0.39, 0.29) is 6.10 Å². The molecule has 19 heavy (non-hydrogen) atoms. The molecule has 2 aromatic carbocycles. The lowest BCUT2D eigenvalue weighted by Gasteiger charge is -2.11. The van der Waals surface area contributed by atoms with Crippen molar-refractivity contribution in [3.8, 4) is 6.01 Å². The zero-order chi connectivity index (χ0) is 12.7. The number of fused-ring (bicyclic) bond motifs is 2.